The van der Waals surface area contributed by atoms with Crippen molar-refractivity contribution in [1.82, 2.24) is 0 Å². The van der Waals surface area contributed by atoms with Gasteiger partial charge in [0, 0.05) is 34.1 Å². The molecule has 0 saturated heterocycles. The first-order chi connectivity index (χ1) is 9.45. The smallest absolute Gasteiger partial charge is 0 e. The van der Waals surface area contributed by atoms with Crippen LogP contribution in [0.25, 0.3) is 0 Å². The van der Waals surface area contributed by atoms with Crippen LogP contribution >= 0.6 is 0 Å². The van der Waals surface area contributed by atoms with E-state index >= 15 is 0 Å². The van der Waals surface area contributed by atoms with Crippen molar-refractivity contribution in [3.05, 3.63) is 89.8 Å². The molecule has 2 aliphatic carbocycles. The van der Waals surface area contributed by atoms with Crippen LogP contribution in [0.15, 0.2) is 0 Å². The summed E-state index contributed by atoms with van der Waals surface area (Å²) in [6.45, 7) is 18.0. The van der Waals surface area contributed by atoms with Gasteiger partial charge in [0.2, 0.25) is 0 Å². The summed E-state index contributed by atoms with van der Waals surface area (Å²) in [6, 6.07) is 0. The molecule has 0 aromatic rings. The van der Waals surface area contributed by atoms with E-state index in [9.17, 15) is 0 Å². The minimum atomic E-state index is 0. The SMILES string of the molecule is [C-]#[O+].[C-]#[O+].[C-]#[O+].[C-]#[O+].[CH]1[CH][CH][C](C[C]2[CH][CH][CH][CH]2)[CH]1.[Fe].[Fe]. The number of rotatable bonds is 2. The summed E-state index contributed by atoms with van der Waals surface area (Å²) in [5.74, 6) is 2.80. The van der Waals surface area contributed by atoms with Crippen molar-refractivity contribution in [2.24, 2.45) is 0 Å². The summed E-state index contributed by atoms with van der Waals surface area (Å²) >= 11 is 0. The Morgan fingerprint density at radius 3 is 0.905 bits per heavy atom. The zero-order valence-electron chi connectivity index (χ0n) is 10.7. The van der Waals surface area contributed by atoms with Crippen LogP contribution in [0, 0.1) is 89.8 Å². The van der Waals surface area contributed by atoms with E-state index in [0.717, 1.165) is 6.42 Å². The summed E-state index contributed by atoms with van der Waals surface area (Å²) in [4.78, 5) is 0. The summed E-state index contributed by atoms with van der Waals surface area (Å²) in [6.07, 6.45) is 18.0. The van der Waals surface area contributed by atoms with Gasteiger partial charge in [0.15, 0.2) is 0 Å². The molecule has 4 nitrogen and oxygen atoms in total. The summed E-state index contributed by atoms with van der Waals surface area (Å²) in [5, 5.41) is 0. The van der Waals surface area contributed by atoms with Gasteiger partial charge in [-0.25, -0.2) is 0 Å². The molecular weight excluding hydrogens is 356 g/mol. The molecule has 0 spiro atoms. The second-order valence-corrected chi connectivity index (χ2v) is 2.76. The van der Waals surface area contributed by atoms with Gasteiger partial charge in [0.05, 0.1) is 0 Å². The van der Waals surface area contributed by atoms with E-state index < -0.39 is 0 Å². The molecule has 110 valence electrons. The van der Waals surface area contributed by atoms with Gasteiger partial charge in [-0.05, 0) is 69.6 Å². The Balaban J connectivity index is -0.0000000752. The normalized spacial score (nSPS) is 15.2. The molecule has 0 aromatic heterocycles. The maximum Gasteiger partial charge on any atom is 0 e. The van der Waals surface area contributed by atoms with Crippen LogP contribution in [0.1, 0.15) is 6.42 Å². The maximum absolute atomic E-state index is 7.50. The molecule has 0 aromatic carbocycles. The molecule has 2 fully saturated rings. The van der Waals surface area contributed by atoms with Gasteiger partial charge in [-0.3, -0.25) is 0 Å². The standard InChI is InChI=1S/C11H10.4CO.2Fe/c1-2-6-10(5-1)9-11-7-3-4-8-11;4*1-2;;/h1-8H,9H2;;;;;;. The second-order valence-electron chi connectivity index (χ2n) is 2.76. The van der Waals surface area contributed by atoms with Crippen molar-refractivity contribution < 1.29 is 52.7 Å². The molecule has 0 aliphatic heterocycles. The molecule has 0 unspecified atom stereocenters. The van der Waals surface area contributed by atoms with Gasteiger partial charge in [0.1, 0.15) is 0 Å². The predicted octanol–water partition coefficient (Wildman–Crippen LogP) is 2.03. The fraction of sp³-hybridized carbons (Fsp3) is 0.0667. The average molecular weight is 366 g/mol. The van der Waals surface area contributed by atoms with E-state index in [1.54, 1.807) is 0 Å². The fourth-order valence-electron chi connectivity index (χ4n) is 1.30. The van der Waals surface area contributed by atoms with Gasteiger partial charge in [-0.15, -0.1) is 0 Å². The van der Waals surface area contributed by atoms with Crippen LogP contribution in [0.5, 0.6) is 0 Å². The zero-order valence-corrected chi connectivity index (χ0v) is 12.9. The van der Waals surface area contributed by atoms with E-state index in [4.69, 9.17) is 18.6 Å². The predicted molar refractivity (Wildman–Crippen MR) is 61.2 cm³/mol. The Hall–Kier alpha value is -0.00104. The van der Waals surface area contributed by atoms with E-state index in [0.29, 0.717) is 0 Å². The van der Waals surface area contributed by atoms with Gasteiger partial charge in [-0.1, -0.05) is 0 Å². The molecule has 0 amide bonds. The quantitative estimate of drug-likeness (QED) is 0.407. The number of hydrogen-bond acceptors (Lipinski definition) is 0. The Morgan fingerprint density at radius 1 is 0.524 bits per heavy atom. The monoisotopic (exact) mass is 366 g/mol. The third-order valence-electron chi connectivity index (χ3n) is 1.87. The van der Waals surface area contributed by atoms with E-state index in [1.807, 2.05) is 0 Å². The van der Waals surface area contributed by atoms with Crippen molar-refractivity contribution in [2.75, 3.05) is 0 Å². The topological polar surface area (TPSA) is 79.6 Å². The average Bonchev–Trinajstić information content (AvgIpc) is 3.22. The first-order valence-corrected chi connectivity index (χ1v) is 4.68. The van der Waals surface area contributed by atoms with Gasteiger partial charge in [0.25, 0.3) is 0 Å². The van der Waals surface area contributed by atoms with Crippen molar-refractivity contribution in [3.8, 4) is 0 Å². The molecule has 10 radical (unpaired) electrons. The molecule has 6 heteroatoms. The van der Waals surface area contributed by atoms with Crippen LogP contribution in [-0.4, -0.2) is 0 Å². The van der Waals surface area contributed by atoms with Crippen LogP contribution in [0.4, 0.5) is 0 Å². The molecule has 0 heterocycles. The Bertz CT molecular complexity index is 211. The molecule has 0 bridgehead atoms. The van der Waals surface area contributed by atoms with Crippen LogP contribution in [0.3, 0.4) is 0 Å². The molecule has 2 aliphatic rings. The first-order valence-electron chi connectivity index (χ1n) is 4.68. The van der Waals surface area contributed by atoms with Crippen molar-refractivity contribution in [3.63, 3.8) is 0 Å². The molecule has 0 atom stereocenters. The summed E-state index contributed by atoms with van der Waals surface area (Å²) in [7, 11) is 0. The summed E-state index contributed by atoms with van der Waals surface area (Å²) < 4.78 is 30.0. The van der Waals surface area contributed by atoms with Gasteiger partial charge < -0.3 is 0 Å². The molecule has 21 heavy (non-hydrogen) atoms. The largest absolute Gasteiger partial charge is 0.0396 e. The van der Waals surface area contributed by atoms with E-state index in [-0.39, 0.29) is 34.1 Å². The van der Waals surface area contributed by atoms with E-state index in [2.05, 4.69) is 78.0 Å². The van der Waals surface area contributed by atoms with E-state index in [1.165, 1.54) is 11.8 Å². The minimum Gasteiger partial charge on any atom is -0.0396 e. The Kier molecular flexibility index (Phi) is 50.1. The third-order valence-corrected chi connectivity index (χ3v) is 1.87. The molecule has 2 rings (SSSR count). The molecular formula is C15H10Fe2O4. The van der Waals surface area contributed by atoms with Crippen molar-refractivity contribution in [2.45, 2.75) is 6.42 Å². The zero-order chi connectivity index (χ0) is 15.5. The van der Waals surface area contributed by atoms with Crippen molar-refractivity contribution in [1.29, 1.82) is 0 Å². The third kappa shape index (κ3) is 20.0. The minimum absolute atomic E-state index is 0. The maximum atomic E-state index is 7.50. The number of hydrogen-bond donors (Lipinski definition) is 0. The van der Waals surface area contributed by atoms with Gasteiger partial charge in [-0.2, -0.15) is 0 Å². The first kappa shape index (κ1) is 32.8. The van der Waals surface area contributed by atoms with Crippen LogP contribution < -0.4 is 0 Å². The van der Waals surface area contributed by atoms with Crippen LogP contribution in [-0.2, 0) is 52.7 Å². The summed E-state index contributed by atoms with van der Waals surface area (Å²) in [5.41, 5.74) is 0. The molecule has 2 saturated carbocycles. The second kappa shape index (κ2) is 32.1. The fourth-order valence-corrected chi connectivity index (χ4v) is 1.30. The Labute approximate surface area is 149 Å². The van der Waals surface area contributed by atoms with Crippen molar-refractivity contribution >= 4 is 0 Å². The molecule has 0 N–H and O–H groups in total. The van der Waals surface area contributed by atoms with Crippen LogP contribution in [0.2, 0.25) is 0 Å². The Morgan fingerprint density at radius 2 is 0.714 bits per heavy atom. The van der Waals surface area contributed by atoms with Gasteiger partial charge >= 0.3 is 45.2 Å².